The van der Waals surface area contributed by atoms with Crippen LogP contribution < -0.4 is 0 Å². The lowest BCUT2D eigenvalue weighted by Crippen LogP contribution is -2.39. The van der Waals surface area contributed by atoms with Gasteiger partial charge >= 0.3 is 11.9 Å². The highest BCUT2D eigenvalue weighted by atomic mass is 16.6. The van der Waals surface area contributed by atoms with Crippen LogP contribution in [0.25, 0.3) is 6.08 Å². The summed E-state index contributed by atoms with van der Waals surface area (Å²) in [5, 5.41) is 20.2. The van der Waals surface area contributed by atoms with Gasteiger partial charge in [-0.15, -0.1) is 0 Å². The van der Waals surface area contributed by atoms with Crippen molar-refractivity contribution in [3.8, 4) is 0 Å². The Morgan fingerprint density at radius 3 is 2.09 bits per heavy atom. The van der Waals surface area contributed by atoms with Gasteiger partial charge in [0, 0.05) is 30.8 Å². The van der Waals surface area contributed by atoms with E-state index in [4.69, 9.17) is 15.1 Å². The van der Waals surface area contributed by atoms with Gasteiger partial charge in [0.05, 0.1) is 5.71 Å². The molecule has 7 nitrogen and oxygen atoms in total. The van der Waals surface area contributed by atoms with Crippen molar-refractivity contribution >= 4 is 23.7 Å². The number of allylic oxidation sites excluding steroid dienone is 1. The lowest BCUT2D eigenvalue weighted by molar-refractivity contribution is -0.134. The van der Waals surface area contributed by atoms with Crippen LogP contribution in [-0.2, 0) is 14.4 Å². The van der Waals surface area contributed by atoms with Crippen molar-refractivity contribution < 1.29 is 24.6 Å². The fourth-order valence-corrected chi connectivity index (χ4v) is 3.62. The van der Waals surface area contributed by atoms with E-state index in [9.17, 15) is 9.59 Å². The summed E-state index contributed by atoms with van der Waals surface area (Å²) in [6.45, 7) is 10.5. The predicted molar refractivity (Wildman–Crippen MR) is 132 cm³/mol. The molecule has 1 aliphatic carbocycles. The van der Waals surface area contributed by atoms with Crippen LogP contribution in [0.4, 0.5) is 0 Å². The van der Waals surface area contributed by atoms with Crippen molar-refractivity contribution in [1.29, 1.82) is 0 Å². The molecule has 0 unspecified atom stereocenters. The normalized spacial score (nSPS) is 16.8. The molecule has 182 valence electrons. The third-order valence-corrected chi connectivity index (χ3v) is 5.18. The van der Waals surface area contributed by atoms with Gasteiger partial charge in [-0.2, -0.15) is 0 Å². The van der Waals surface area contributed by atoms with Crippen molar-refractivity contribution in [2.24, 2.45) is 5.16 Å². The molecule has 0 bridgehead atoms. The van der Waals surface area contributed by atoms with Crippen LogP contribution in [0.2, 0.25) is 0 Å². The van der Waals surface area contributed by atoms with Gasteiger partial charge in [0.1, 0.15) is 6.61 Å². The van der Waals surface area contributed by atoms with Gasteiger partial charge in [-0.05, 0) is 70.6 Å². The van der Waals surface area contributed by atoms with Crippen LogP contribution in [0.15, 0.2) is 53.2 Å². The van der Waals surface area contributed by atoms with Gasteiger partial charge in [0.25, 0.3) is 0 Å². The molecule has 1 saturated carbocycles. The maximum Gasteiger partial charge on any atom is 0.328 e. The van der Waals surface area contributed by atoms with Gasteiger partial charge in [-0.3, -0.25) is 4.90 Å². The van der Waals surface area contributed by atoms with E-state index in [1.807, 2.05) is 0 Å². The summed E-state index contributed by atoms with van der Waals surface area (Å²) in [6.07, 6.45) is 9.24. The summed E-state index contributed by atoms with van der Waals surface area (Å²) in [6, 6.07) is 11.6. The first-order valence-corrected chi connectivity index (χ1v) is 11.5. The number of hydrogen-bond donors (Lipinski definition) is 2. The average Bonchev–Trinajstić information content (AvgIpc) is 2.98. The Labute approximate surface area is 197 Å². The standard InChI is InChI=1S/C22H34N2O.C4H4O4/c1-18(2)24(19(3)4)15-16-25-23-22-14-10-6-9-13-21(22)17-20-11-7-5-8-12-20;5-3(6)1-2-4(7)8/h5,7-8,11-12,17-19H,6,9-10,13-16H2,1-4H3;1-2H,(H,5,6)(H,7,8)/b21-17-,23-22+;2-1+. The molecule has 0 saturated heterocycles. The van der Waals surface area contributed by atoms with Gasteiger partial charge in [-0.25, -0.2) is 9.59 Å². The molecule has 1 aromatic carbocycles. The van der Waals surface area contributed by atoms with E-state index in [0.29, 0.717) is 30.8 Å². The molecule has 0 atom stereocenters. The molecule has 1 aromatic rings. The average molecular weight is 459 g/mol. The third kappa shape index (κ3) is 12.6. The van der Waals surface area contributed by atoms with Crippen LogP contribution in [0.5, 0.6) is 0 Å². The van der Waals surface area contributed by atoms with E-state index in [2.05, 4.69) is 74.2 Å². The smallest absolute Gasteiger partial charge is 0.328 e. The Morgan fingerprint density at radius 1 is 0.970 bits per heavy atom. The maximum atomic E-state index is 9.55. The molecule has 0 amide bonds. The molecule has 2 rings (SSSR count). The van der Waals surface area contributed by atoms with Crippen molar-refractivity contribution in [1.82, 2.24) is 4.90 Å². The van der Waals surface area contributed by atoms with Crippen LogP contribution in [0.3, 0.4) is 0 Å². The minimum absolute atomic E-state index is 0.530. The first-order chi connectivity index (χ1) is 15.7. The summed E-state index contributed by atoms with van der Waals surface area (Å²) >= 11 is 0. The largest absolute Gasteiger partial charge is 0.478 e. The quantitative estimate of drug-likeness (QED) is 0.227. The number of rotatable bonds is 9. The zero-order valence-electron chi connectivity index (χ0n) is 20.2. The summed E-state index contributed by atoms with van der Waals surface area (Å²) in [5.41, 5.74) is 3.73. The Morgan fingerprint density at radius 2 is 1.55 bits per heavy atom. The highest BCUT2D eigenvalue weighted by molar-refractivity contribution is 6.03. The van der Waals surface area contributed by atoms with Crippen LogP contribution in [0, 0.1) is 0 Å². The summed E-state index contributed by atoms with van der Waals surface area (Å²) < 4.78 is 0. The Hall–Kier alpha value is -2.93. The lowest BCUT2D eigenvalue weighted by atomic mass is 10.0. The van der Waals surface area contributed by atoms with Crippen LogP contribution in [0.1, 0.15) is 65.4 Å². The van der Waals surface area contributed by atoms with Gasteiger partial charge < -0.3 is 15.1 Å². The molecule has 0 spiro atoms. The van der Waals surface area contributed by atoms with E-state index in [1.54, 1.807) is 0 Å². The summed E-state index contributed by atoms with van der Waals surface area (Å²) in [5.74, 6) is -2.51. The number of nitrogens with zero attached hydrogens (tertiary/aromatic N) is 2. The number of oxime groups is 1. The van der Waals surface area contributed by atoms with Crippen molar-refractivity contribution in [3.63, 3.8) is 0 Å². The minimum Gasteiger partial charge on any atom is -0.478 e. The second kappa shape index (κ2) is 15.8. The van der Waals surface area contributed by atoms with Gasteiger partial charge in [0.15, 0.2) is 0 Å². The van der Waals surface area contributed by atoms with Crippen LogP contribution in [-0.4, -0.2) is 58.0 Å². The number of benzene rings is 1. The molecule has 33 heavy (non-hydrogen) atoms. The Balaban J connectivity index is 0.000000582. The highest BCUT2D eigenvalue weighted by Gasteiger charge is 2.15. The molecule has 1 fully saturated rings. The van der Waals surface area contributed by atoms with Crippen molar-refractivity contribution in [3.05, 3.63) is 53.6 Å². The molecule has 0 heterocycles. The fourth-order valence-electron chi connectivity index (χ4n) is 3.62. The molecule has 1 aliphatic rings. The van der Waals surface area contributed by atoms with E-state index >= 15 is 0 Å². The predicted octanol–water partition coefficient (Wildman–Crippen LogP) is 5.24. The fraction of sp³-hybridized carbons (Fsp3) is 0.500. The van der Waals surface area contributed by atoms with E-state index in [1.165, 1.54) is 30.4 Å². The number of aliphatic carboxylic acids is 2. The third-order valence-electron chi connectivity index (χ3n) is 5.18. The number of hydrogen-bond acceptors (Lipinski definition) is 5. The zero-order valence-corrected chi connectivity index (χ0v) is 20.2. The molecule has 7 heteroatoms. The molecule has 0 aliphatic heterocycles. The molecule has 2 N–H and O–H groups in total. The SMILES string of the molecule is CC(C)N(CCO/N=C1\CCCCC\C1=C\c1ccccc1)C(C)C.O=C(O)/C=C/C(=O)O. The van der Waals surface area contributed by atoms with Gasteiger partial charge in [-0.1, -0.05) is 41.9 Å². The first-order valence-electron chi connectivity index (χ1n) is 11.5. The number of carboxylic acids is 2. The van der Waals surface area contributed by atoms with Crippen LogP contribution >= 0.6 is 0 Å². The van der Waals surface area contributed by atoms with Crippen molar-refractivity contribution in [2.45, 2.75) is 71.9 Å². The van der Waals surface area contributed by atoms with E-state index < -0.39 is 11.9 Å². The highest BCUT2D eigenvalue weighted by Crippen LogP contribution is 2.23. The van der Waals surface area contributed by atoms with E-state index in [-0.39, 0.29) is 0 Å². The monoisotopic (exact) mass is 458 g/mol. The topological polar surface area (TPSA) is 99.4 Å². The minimum atomic E-state index is -1.26. The summed E-state index contributed by atoms with van der Waals surface area (Å²) in [7, 11) is 0. The maximum absolute atomic E-state index is 9.55. The lowest BCUT2D eigenvalue weighted by Gasteiger charge is -2.29. The molecular formula is C26H38N2O5. The first kappa shape index (κ1) is 28.1. The Kier molecular flexibility index (Phi) is 13.5. The Bertz CT molecular complexity index is 789. The summed E-state index contributed by atoms with van der Waals surface area (Å²) in [4.78, 5) is 27.3. The number of carbonyl (C=O) groups is 2. The molecular weight excluding hydrogens is 420 g/mol. The molecule has 0 radical (unpaired) electrons. The second-order valence-corrected chi connectivity index (χ2v) is 8.45. The van der Waals surface area contributed by atoms with E-state index in [0.717, 1.165) is 25.1 Å². The van der Waals surface area contributed by atoms with Gasteiger partial charge in [0.2, 0.25) is 0 Å². The number of carboxylic acid groups (broad SMARTS) is 2. The van der Waals surface area contributed by atoms with Crippen molar-refractivity contribution in [2.75, 3.05) is 13.2 Å². The molecule has 0 aromatic heterocycles. The second-order valence-electron chi connectivity index (χ2n) is 8.45. The zero-order chi connectivity index (χ0) is 24.6.